The van der Waals surface area contributed by atoms with Crippen molar-refractivity contribution in [3.8, 4) is 0 Å². The predicted molar refractivity (Wildman–Crippen MR) is 84.1 cm³/mol. The number of benzene rings is 1. The van der Waals surface area contributed by atoms with Crippen LogP contribution < -0.4 is 5.32 Å². The summed E-state index contributed by atoms with van der Waals surface area (Å²) in [6.45, 7) is 6.90. The highest BCUT2D eigenvalue weighted by Crippen LogP contribution is 2.29. The van der Waals surface area contributed by atoms with Crippen molar-refractivity contribution in [2.45, 2.75) is 31.7 Å². The van der Waals surface area contributed by atoms with E-state index < -0.39 is 10.0 Å². The van der Waals surface area contributed by atoms with Crippen molar-refractivity contribution in [2.75, 3.05) is 19.6 Å². The Morgan fingerprint density at radius 3 is 2.80 bits per heavy atom. The molecule has 1 heterocycles. The van der Waals surface area contributed by atoms with Crippen LogP contribution in [0.5, 0.6) is 0 Å². The second-order valence-electron chi connectivity index (χ2n) is 5.30. The highest BCUT2D eigenvalue weighted by Gasteiger charge is 2.31. The molecule has 1 unspecified atom stereocenters. The maximum absolute atomic E-state index is 12.7. The lowest BCUT2D eigenvalue weighted by Gasteiger charge is -2.18. The van der Waals surface area contributed by atoms with Gasteiger partial charge >= 0.3 is 0 Å². The first-order valence-electron chi connectivity index (χ1n) is 6.94. The molecule has 1 aromatic rings. The number of hydrogen-bond donors (Lipinski definition) is 1. The monoisotopic (exact) mass is 360 g/mol. The Kier molecular flexibility index (Phi) is 5.23. The summed E-state index contributed by atoms with van der Waals surface area (Å²) in [5.74, 6) is 0.438. The first kappa shape index (κ1) is 15.9. The summed E-state index contributed by atoms with van der Waals surface area (Å²) in [5, 5.41) is 3.22. The Morgan fingerprint density at radius 2 is 2.20 bits per heavy atom. The molecule has 1 aromatic carbocycles. The summed E-state index contributed by atoms with van der Waals surface area (Å²) in [4.78, 5) is 0.377. The van der Waals surface area contributed by atoms with Crippen LogP contribution in [0.25, 0.3) is 0 Å². The van der Waals surface area contributed by atoms with Gasteiger partial charge in [-0.15, -0.1) is 0 Å². The Hall–Kier alpha value is -0.430. The van der Waals surface area contributed by atoms with Crippen LogP contribution in [0.2, 0.25) is 0 Å². The number of sulfonamides is 1. The van der Waals surface area contributed by atoms with Gasteiger partial charge in [0.05, 0.1) is 4.90 Å². The predicted octanol–water partition coefficient (Wildman–Crippen LogP) is 2.59. The van der Waals surface area contributed by atoms with Gasteiger partial charge in [0, 0.05) is 24.1 Å². The summed E-state index contributed by atoms with van der Waals surface area (Å²) in [5.41, 5.74) is 0.987. The highest BCUT2D eigenvalue weighted by molar-refractivity contribution is 9.10. The fourth-order valence-electron chi connectivity index (χ4n) is 2.38. The zero-order chi connectivity index (χ0) is 14.8. The SMILES string of the molecule is CCNCc1ccc(Br)c(S(=O)(=O)N2CCC(C)C2)c1. The van der Waals surface area contributed by atoms with Gasteiger partial charge in [-0.05, 0) is 52.5 Å². The molecular weight excluding hydrogens is 340 g/mol. The van der Waals surface area contributed by atoms with E-state index in [2.05, 4.69) is 28.2 Å². The van der Waals surface area contributed by atoms with E-state index >= 15 is 0 Å². The number of rotatable bonds is 5. The lowest BCUT2D eigenvalue weighted by atomic mass is 10.2. The van der Waals surface area contributed by atoms with Crippen LogP contribution in [0.4, 0.5) is 0 Å². The lowest BCUT2D eigenvalue weighted by Crippen LogP contribution is -2.29. The number of hydrogen-bond acceptors (Lipinski definition) is 3. The molecule has 112 valence electrons. The van der Waals surface area contributed by atoms with Crippen LogP contribution in [0, 0.1) is 5.92 Å². The van der Waals surface area contributed by atoms with E-state index in [1.165, 1.54) is 0 Å². The zero-order valence-electron chi connectivity index (χ0n) is 11.9. The molecule has 1 atom stereocenters. The van der Waals surface area contributed by atoms with Crippen LogP contribution in [-0.2, 0) is 16.6 Å². The van der Waals surface area contributed by atoms with Crippen LogP contribution in [0.15, 0.2) is 27.6 Å². The number of nitrogens with one attached hydrogen (secondary N) is 1. The second-order valence-corrected chi connectivity index (χ2v) is 8.06. The molecule has 4 nitrogen and oxygen atoms in total. The van der Waals surface area contributed by atoms with Gasteiger partial charge in [0.2, 0.25) is 10.0 Å². The minimum Gasteiger partial charge on any atom is -0.313 e. The third-order valence-corrected chi connectivity index (χ3v) is 6.44. The molecule has 0 aliphatic carbocycles. The maximum Gasteiger partial charge on any atom is 0.244 e. The molecule has 1 saturated heterocycles. The molecule has 0 amide bonds. The van der Waals surface area contributed by atoms with Crippen molar-refractivity contribution >= 4 is 26.0 Å². The van der Waals surface area contributed by atoms with Gasteiger partial charge < -0.3 is 5.32 Å². The first-order chi connectivity index (χ1) is 9.45. The van der Waals surface area contributed by atoms with E-state index in [-0.39, 0.29) is 0 Å². The van der Waals surface area contributed by atoms with E-state index in [0.717, 1.165) is 18.5 Å². The fourth-order valence-corrected chi connectivity index (χ4v) is 4.93. The summed E-state index contributed by atoms with van der Waals surface area (Å²) < 4.78 is 27.6. The molecule has 0 bridgehead atoms. The second kappa shape index (κ2) is 6.56. The van der Waals surface area contributed by atoms with E-state index in [1.54, 1.807) is 10.4 Å². The molecule has 1 fully saturated rings. The van der Waals surface area contributed by atoms with Crippen LogP contribution in [-0.4, -0.2) is 32.4 Å². The van der Waals surface area contributed by atoms with E-state index in [1.807, 2.05) is 19.1 Å². The van der Waals surface area contributed by atoms with Gasteiger partial charge in [0.1, 0.15) is 0 Å². The lowest BCUT2D eigenvalue weighted by molar-refractivity contribution is 0.464. The topological polar surface area (TPSA) is 49.4 Å². The molecule has 0 saturated carbocycles. The summed E-state index contributed by atoms with van der Waals surface area (Å²) in [6, 6.07) is 5.53. The maximum atomic E-state index is 12.7. The molecule has 1 aliphatic heterocycles. The van der Waals surface area contributed by atoms with Crippen LogP contribution in [0.1, 0.15) is 25.8 Å². The van der Waals surface area contributed by atoms with Gasteiger partial charge in [0.25, 0.3) is 0 Å². The third-order valence-electron chi connectivity index (χ3n) is 3.58. The minimum absolute atomic E-state index is 0.377. The fraction of sp³-hybridized carbons (Fsp3) is 0.571. The van der Waals surface area contributed by atoms with Gasteiger partial charge in [0.15, 0.2) is 0 Å². The highest BCUT2D eigenvalue weighted by atomic mass is 79.9. The molecule has 6 heteroatoms. The van der Waals surface area contributed by atoms with Crippen LogP contribution >= 0.6 is 15.9 Å². The Balaban J connectivity index is 2.30. The zero-order valence-corrected chi connectivity index (χ0v) is 14.3. The Bertz CT molecular complexity index is 575. The van der Waals surface area contributed by atoms with Gasteiger partial charge in [-0.25, -0.2) is 8.42 Å². The van der Waals surface area contributed by atoms with Crippen molar-refractivity contribution in [3.05, 3.63) is 28.2 Å². The number of halogens is 1. The minimum atomic E-state index is -3.39. The normalized spacial score (nSPS) is 20.4. The molecule has 1 aliphatic rings. The molecule has 1 N–H and O–H groups in total. The standard InChI is InChI=1S/C14H21BrN2O2S/c1-3-16-9-12-4-5-13(15)14(8-12)20(18,19)17-7-6-11(2)10-17/h4-5,8,11,16H,3,6-7,9-10H2,1-2H3. The largest absolute Gasteiger partial charge is 0.313 e. The molecule has 20 heavy (non-hydrogen) atoms. The quantitative estimate of drug-likeness (QED) is 0.877. The van der Waals surface area contributed by atoms with Gasteiger partial charge in [-0.2, -0.15) is 4.31 Å². The van der Waals surface area contributed by atoms with Crippen molar-refractivity contribution in [3.63, 3.8) is 0 Å². The van der Waals surface area contributed by atoms with E-state index in [4.69, 9.17) is 0 Å². The summed E-state index contributed by atoms with van der Waals surface area (Å²) in [7, 11) is -3.39. The van der Waals surface area contributed by atoms with Crippen molar-refractivity contribution < 1.29 is 8.42 Å². The van der Waals surface area contributed by atoms with Gasteiger partial charge in [-0.3, -0.25) is 0 Å². The van der Waals surface area contributed by atoms with E-state index in [0.29, 0.717) is 34.9 Å². The summed E-state index contributed by atoms with van der Waals surface area (Å²) >= 11 is 3.37. The first-order valence-corrected chi connectivity index (χ1v) is 9.17. The molecular formula is C14H21BrN2O2S. The summed E-state index contributed by atoms with van der Waals surface area (Å²) in [6.07, 6.45) is 0.938. The smallest absolute Gasteiger partial charge is 0.244 e. The Labute approximate surface area is 129 Å². The Morgan fingerprint density at radius 1 is 1.45 bits per heavy atom. The van der Waals surface area contributed by atoms with Crippen molar-refractivity contribution in [1.82, 2.24) is 9.62 Å². The average Bonchev–Trinajstić information content (AvgIpc) is 2.85. The molecule has 0 spiro atoms. The van der Waals surface area contributed by atoms with Crippen LogP contribution in [0.3, 0.4) is 0 Å². The average molecular weight is 361 g/mol. The molecule has 2 rings (SSSR count). The van der Waals surface area contributed by atoms with Crippen molar-refractivity contribution in [2.24, 2.45) is 5.92 Å². The molecule has 0 aromatic heterocycles. The number of nitrogens with zero attached hydrogens (tertiary/aromatic N) is 1. The van der Waals surface area contributed by atoms with Gasteiger partial charge in [-0.1, -0.05) is 19.9 Å². The molecule has 0 radical (unpaired) electrons. The van der Waals surface area contributed by atoms with E-state index in [9.17, 15) is 8.42 Å². The third kappa shape index (κ3) is 3.42. The van der Waals surface area contributed by atoms with Crippen molar-refractivity contribution in [1.29, 1.82) is 0 Å².